The van der Waals surface area contributed by atoms with Gasteiger partial charge in [-0.15, -0.1) is 0 Å². The smallest absolute Gasteiger partial charge is 0.222 e. The van der Waals surface area contributed by atoms with Gasteiger partial charge in [-0.2, -0.15) is 5.10 Å². The minimum atomic E-state index is 0.634. The number of aryl methyl sites for hydroxylation is 3. The molecule has 19 heavy (non-hydrogen) atoms. The van der Waals surface area contributed by atoms with Crippen molar-refractivity contribution in [1.29, 1.82) is 0 Å². The van der Waals surface area contributed by atoms with E-state index in [1.165, 1.54) is 0 Å². The second kappa shape index (κ2) is 4.87. The van der Waals surface area contributed by atoms with Crippen LogP contribution in [0.2, 0.25) is 0 Å². The van der Waals surface area contributed by atoms with Crippen LogP contribution in [0.15, 0.2) is 0 Å². The van der Waals surface area contributed by atoms with Crippen LogP contribution >= 0.6 is 0 Å². The van der Waals surface area contributed by atoms with Crippen molar-refractivity contribution in [2.24, 2.45) is 7.05 Å². The number of nitrogens with zero attached hydrogens (tertiary/aromatic N) is 4. The molecule has 0 aliphatic heterocycles. The normalized spacial score (nSPS) is 10.6. The highest BCUT2D eigenvalue weighted by atomic mass is 16.5. The molecule has 0 amide bonds. The summed E-state index contributed by atoms with van der Waals surface area (Å²) in [5.41, 5.74) is 3.68. The molecule has 0 saturated heterocycles. The molecule has 0 aliphatic rings. The predicted molar refractivity (Wildman–Crippen MR) is 74.5 cm³/mol. The van der Waals surface area contributed by atoms with E-state index in [2.05, 4.69) is 20.4 Å². The fraction of sp³-hybridized carbons (Fsp3) is 0.462. The highest BCUT2D eigenvalue weighted by Crippen LogP contribution is 2.31. The Bertz CT molecular complexity index is 618. The van der Waals surface area contributed by atoms with Crippen molar-refractivity contribution in [3.05, 3.63) is 17.0 Å². The third-order valence-electron chi connectivity index (χ3n) is 3.21. The molecule has 0 unspecified atom stereocenters. The molecule has 6 heteroatoms. The predicted octanol–water partition coefficient (Wildman–Crippen LogP) is 1.85. The van der Waals surface area contributed by atoms with Gasteiger partial charge in [0, 0.05) is 25.4 Å². The zero-order chi connectivity index (χ0) is 14.2. The summed E-state index contributed by atoms with van der Waals surface area (Å²) in [4.78, 5) is 9.10. The van der Waals surface area contributed by atoms with Crippen LogP contribution in [-0.4, -0.2) is 33.9 Å². The summed E-state index contributed by atoms with van der Waals surface area (Å²) in [7, 11) is 5.32. The first-order valence-electron chi connectivity index (χ1n) is 6.10. The molecule has 0 fully saturated rings. The van der Waals surface area contributed by atoms with Gasteiger partial charge in [0.05, 0.1) is 12.8 Å². The largest absolute Gasteiger partial charge is 0.481 e. The number of hydrogen-bond acceptors (Lipinski definition) is 5. The maximum atomic E-state index is 5.40. The fourth-order valence-corrected chi connectivity index (χ4v) is 2.11. The Labute approximate surface area is 112 Å². The van der Waals surface area contributed by atoms with Crippen LogP contribution in [0.1, 0.15) is 17.0 Å². The molecule has 0 aromatic carbocycles. The van der Waals surface area contributed by atoms with E-state index in [1.54, 1.807) is 11.8 Å². The van der Waals surface area contributed by atoms with Crippen LogP contribution < -0.4 is 10.1 Å². The number of aromatic nitrogens is 4. The molecule has 2 aromatic rings. The molecule has 0 aliphatic carbocycles. The topological polar surface area (TPSA) is 64.9 Å². The molecular weight excluding hydrogens is 242 g/mol. The summed E-state index contributed by atoms with van der Waals surface area (Å²) in [6.07, 6.45) is 0. The summed E-state index contributed by atoms with van der Waals surface area (Å²) in [5.74, 6) is 2.13. The Morgan fingerprint density at radius 2 is 1.79 bits per heavy atom. The summed E-state index contributed by atoms with van der Waals surface area (Å²) < 4.78 is 7.09. The van der Waals surface area contributed by atoms with E-state index in [-0.39, 0.29) is 0 Å². The van der Waals surface area contributed by atoms with Crippen molar-refractivity contribution >= 4 is 5.82 Å². The lowest BCUT2D eigenvalue weighted by Gasteiger charge is -2.10. The van der Waals surface area contributed by atoms with Crippen molar-refractivity contribution in [3.63, 3.8) is 0 Å². The zero-order valence-electron chi connectivity index (χ0n) is 12.2. The summed E-state index contributed by atoms with van der Waals surface area (Å²) in [6, 6.07) is 0. The summed E-state index contributed by atoms with van der Waals surface area (Å²) >= 11 is 0. The van der Waals surface area contributed by atoms with E-state index < -0.39 is 0 Å². The van der Waals surface area contributed by atoms with E-state index in [0.717, 1.165) is 28.3 Å². The monoisotopic (exact) mass is 261 g/mol. The lowest BCUT2D eigenvalue weighted by atomic mass is 10.2. The Kier molecular flexibility index (Phi) is 3.42. The Hall–Kier alpha value is -2.11. The number of nitrogens with one attached hydrogen (secondary N) is 1. The minimum Gasteiger partial charge on any atom is -0.481 e. The van der Waals surface area contributed by atoms with E-state index in [0.29, 0.717) is 11.7 Å². The SMILES string of the molecule is CNc1nc(-c2c(C)nn(C)c2OC)nc(C)c1C. The molecule has 1 N–H and O–H groups in total. The molecular formula is C13H19N5O. The fourth-order valence-electron chi connectivity index (χ4n) is 2.11. The quantitative estimate of drug-likeness (QED) is 0.913. The van der Waals surface area contributed by atoms with Crippen LogP contribution in [0, 0.1) is 20.8 Å². The maximum absolute atomic E-state index is 5.40. The lowest BCUT2D eigenvalue weighted by molar-refractivity contribution is 0.374. The van der Waals surface area contributed by atoms with Gasteiger partial charge in [-0.25, -0.2) is 14.6 Å². The average Bonchev–Trinajstić information content (AvgIpc) is 2.66. The number of rotatable bonds is 3. The number of ether oxygens (including phenoxy) is 1. The van der Waals surface area contributed by atoms with Gasteiger partial charge in [0.15, 0.2) is 5.82 Å². The molecule has 0 spiro atoms. The third-order valence-corrected chi connectivity index (χ3v) is 3.21. The number of methoxy groups -OCH3 is 1. The van der Waals surface area contributed by atoms with Crippen LogP contribution in [0.5, 0.6) is 5.88 Å². The molecule has 6 nitrogen and oxygen atoms in total. The first kappa shape index (κ1) is 13.3. The van der Waals surface area contributed by atoms with E-state index >= 15 is 0 Å². The first-order valence-corrected chi connectivity index (χ1v) is 6.10. The van der Waals surface area contributed by atoms with Crippen LogP contribution in [0.3, 0.4) is 0 Å². The van der Waals surface area contributed by atoms with E-state index in [9.17, 15) is 0 Å². The van der Waals surface area contributed by atoms with Gasteiger partial charge < -0.3 is 10.1 Å². The van der Waals surface area contributed by atoms with E-state index in [1.807, 2.05) is 34.9 Å². The second-order valence-electron chi connectivity index (χ2n) is 4.45. The molecule has 0 atom stereocenters. The summed E-state index contributed by atoms with van der Waals surface area (Å²) in [6.45, 7) is 5.90. The number of hydrogen-bond donors (Lipinski definition) is 1. The minimum absolute atomic E-state index is 0.634. The number of anilines is 1. The molecule has 0 radical (unpaired) electrons. The lowest BCUT2D eigenvalue weighted by Crippen LogP contribution is -2.03. The molecule has 0 saturated carbocycles. The molecule has 102 valence electrons. The first-order chi connectivity index (χ1) is 8.99. The van der Waals surface area contributed by atoms with Crippen LogP contribution in [0.4, 0.5) is 5.82 Å². The van der Waals surface area contributed by atoms with Crippen molar-refractivity contribution in [3.8, 4) is 17.3 Å². The molecule has 2 heterocycles. The standard InChI is InChI=1S/C13H19N5O/c1-7-8(2)15-12(16-11(7)14-4)10-9(3)17-18(5)13(10)19-6/h1-6H3,(H,14,15,16). The van der Waals surface area contributed by atoms with Gasteiger partial charge in [-0.3, -0.25) is 0 Å². The highest BCUT2D eigenvalue weighted by molar-refractivity contribution is 5.67. The second-order valence-corrected chi connectivity index (χ2v) is 4.45. The van der Waals surface area contributed by atoms with Gasteiger partial charge in [0.25, 0.3) is 0 Å². The van der Waals surface area contributed by atoms with Crippen LogP contribution in [-0.2, 0) is 7.05 Å². The Balaban J connectivity index is 2.69. The third kappa shape index (κ3) is 2.14. The molecule has 0 bridgehead atoms. The average molecular weight is 261 g/mol. The van der Waals surface area contributed by atoms with Crippen molar-refractivity contribution < 1.29 is 4.74 Å². The molecule has 2 rings (SSSR count). The van der Waals surface area contributed by atoms with Gasteiger partial charge in [-0.05, 0) is 20.8 Å². The maximum Gasteiger partial charge on any atom is 0.222 e. The van der Waals surface area contributed by atoms with Crippen molar-refractivity contribution in [2.45, 2.75) is 20.8 Å². The van der Waals surface area contributed by atoms with Gasteiger partial charge in [-0.1, -0.05) is 0 Å². The van der Waals surface area contributed by atoms with Crippen molar-refractivity contribution in [2.75, 3.05) is 19.5 Å². The van der Waals surface area contributed by atoms with Gasteiger partial charge in [0.1, 0.15) is 11.4 Å². The van der Waals surface area contributed by atoms with Gasteiger partial charge in [0.2, 0.25) is 5.88 Å². The van der Waals surface area contributed by atoms with Crippen molar-refractivity contribution in [1.82, 2.24) is 19.7 Å². The summed E-state index contributed by atoms with van der Waals surface area (Å²) in [5, 5.41) is 7.45. The van der Waals surface area contributed by atoms with Crippen LogP contribution in [0.25, 0.3) is 11.4 Å². The Morgan fingerprint density at radius 3 is 2.37 bits per heavy atom. The van der Waals surface area contributed by atoms with E-state index in [4.69, 9.17) is 4.74 Å². The molecule has 2 aromatic heterocycles. The Morgan fingerprint density at radius 1 is 1.11 bits per heavy atom. The zero-order valence-corrected chi connectivity index (χ0v) is 12.2. The van der Waals surface area contributed by atoms with Gasteiger partial charge >= 0.3 is 0 Å². The highest BCUT2D eigenvalue weighted by Gasteiger charge is 2.20.